The van der Waals surface area contributed by atoms with Crippen LogP contribution in [0.2, 0.25) is 0 Å². The number of aryl methyl sites for hydroxylation is 1. The Bertz CT molecular complexity index is 1180. The molecule has 0 spiro atoms. The van der Waals surface area contributed by atoms with E-state index in [4.69, 9.17) is 0 Å². The highest BCUT2D eigenvalue weighted by molar-refractivity contribution is 6.09. The standard InChI is InChI=1S/C28H40N8O2/c1-4-13-35(14-5-2)15-6-7-23-28(38)33-24-17-21(8-9-22(24)27(37)32-23)18-36(19-25-29-10-11-30-25)20-26-31-12-16-34(26)3/h8-12,16-17,23H,4-7,13-15,18-20H2,1-3H3,(H,29,30)(H,32,37)(H,33,38). The molecule has 3 aromatic rings. The van der Waals surface area contributed by atoms with Crippen LogP contribution in [0.25, 0.3) is 0 Å². The Morgan fingerprint density at radius 1 is 0.974 bits per heavy atom. The Kier molecular flexibility index (Phi) is 9.67. The summed E-state index contributed by atoms with van der Waals surface area (Å²) in [7, 11) is 1.98. The van der Waals surface area contributed by atoms with Gasteiger partial charge in [0.2, 0.25) is 5.91 Å². The van der Waals surface area contributed by atoms with Crippen LogP contribution in [-0.2, 0) is 31.5 Å². The van der Waals surface area contributed by atoms with Gasteiger partial charge in [-0.3, -0.25) is 14.5 Å². The third kappa shape index (κ3) is 7.29. The fraction of sp³-hybridized carbons (Fsp3) is 0.500. The molecule has 10 nitrogen and oxygen atoms in total. The fourth-order valence-electron chi connectivity index (χ4n) is 4.97. The molecule has 0 saturated heterocycles. The molecule has 1 atom stereocenters. The van der Waals surface area contributed by atoms with Gasteiger partial charge in [-0.15, -0.1) is 0 Å². The number of hydrogen-bond donors (Lipinski definition) is 3. The first-order valence-corrected chi connectivity index (χ1v) is 13.6. The van der Waals surface area contributed by atoms with Crippen molar-refractivity contribution in [3.8, 4) is 0 Å². The van der Waals surface area contributed by atoms with Gasteiger partial charge in [0, 0.05) is 38.4 Å². The van der Waals surface area contributed by atoms with E-state index in [2.05, 4.69) is 49.2 Å². The van der Waals surface area contributed by atoms with Crippen molar-refractivity contribution in [2.45, 2.75) is 65.2 Å². The van der Waals surface area contributed by atoms with E-state index in [1.165, 1.54) is 0 Å². The van der Waals surface area contributed by atoms with Crippen molar-refractivity contribution >= 4 is 17.5 Å². The van der Waals surface area contributed by atoms with Gasteiger partial charge in [-0.2, -0.15) is 0 Å². The van der Waals surface area contributed by atoms with Crippen LogP contribution in [0, 0.1) is 0 Å². The van der Waals surface area contributed by atoms with Gasteiger partial charge in [0.15, 0.2) is 0 Å². The SMILES string of the molecule is CCCN(CCC)CCCC1NC(=O)c2ccc(CN(Cc3ncc[nH]3)Cc3nccn3C)cc2NC1=O. The second-order valence-electron chi connectivity index (χ2n) is 10.0. The molecule has 0 radical (unpaired) electrons. The number of imidazole rings is 2. The largest absolute Gasteiger partial charge is 0.348 e. The van der Waals surface area contributed by atoms with Crippen LogP contribution in [0.4, 0.5) is 5.69 Å². The molecule has 204 valence electrons. The monoisotopic (exact) mass is 520 g/mol. The fourth-order valence-corrected chi connectivity index (χ4v) is 4.97. The van der Waals surface area contributed by atoms with E-state index in [9.17, 15) is 9.59 Å². The second kappa shape index (κ2) is 13.3. The quantitative estimate of drug-likeness (QED) is 0.301. The van der Waals surface area contributed by atoms with Gasteiger partial charge in [-0.05, 0) is 63.0 Å². The summed E-state index contributed by atoms with van der Waals surface area (Å²) in [6.07, 6.45) is 11.0. The zero-order valence-electron chi connectivity index (χ0n) is 22.7. The molecule has 0 bridgehead atoms. The number of aromatic nitrogens is 4. The average molecular weight is 521 g/mol. The van der Waals surface area contributed by atoms with E-state index in [-0.39, 0.29) is 11.8 Å². The van der Waals surface area contributed by atoms with Gasteiger partial charge in [0.1, 0.15) is 17.7 Å². The van der Waals surface area contributed by atoms with Crippen LogP contribution in [-0.4, -0.2) is 66.8 Å². The Balaban J connectivity index is 1.43. The summed E-state index contributed by atoms with van der Waals surface area (Å²) in [6.45, 7) is 9.25. The number of amides is 2. The van der Waals surface area contributed by atoms with Crippen molar-refractivity contribution in [3.63, 3.8) is 0 Å². The number of nitrogens with one attached hydrogen (secondary N) is 3. The van der Waals surface area contributed by atoms with E-state index in [0.29, 0.717) is 37.3 Å². The van der Waals surface area contributed by atoms with Crippen molar-refractivity contribution in [3.05, 3.63) is 65.8 Å². The highest BCUT2D eigenvalue weighted by Gasteiger charge is 2.28. The molecule has 3 N–H and O–H groups in total. The summed E-state index contributed by atoms with van der Waals surface area (Å²) in [5.41, 5.74) is 2.04. The molecule has 0 saturated carbocycles. The van der Waals surface area contributed by atoms with Crippen LogP contribution in [0.3, 0.4) is 0 Å². The second-order valence-corrected chi connectivity index (χ2v) is 10.0. The van der Waals surface area contributed by atoms with Crippen LogP contribution in [0.15, 0.2) is 43.0 Å². The van der Waals surface area contributed by atoms with Crippen molar-refractivity contribution in [1.82, 2.24) is 34.6 Å². The van der Waals surface area contributed by atoms with Crippen LogP contribution in [0.1, 0.15) is 67.1 Å². The topological polar surface area (TPSA) is 111 Å². The van der Waals surface area contributed by atoms with Crippen molar-refractivity contribution in [2.24, 2.45) is 7.05 Å². The number of H-pyrrole nitrogens is 1. The normalized spacial score (nSPS) is 15.4. The van der Waals surface area contributed by atoms with E-state index in [1.807, 2.05) is 36.1 Å². The first-order chi connectivity index (χ1) is 18.5. The molecule has 1 aliphatic heterocycles. The maximum absolute atomic E-state index is 13.1. The van der Waals surface area contributed by atoms with Crippen LogP contribution < -0.4 is 10.6 Å². The Morgan fingerprint density at radius 3 is 2.47 bits per heavy atom. The van der Waals surface area contributed by atoms with Gasteiger partial charge >= 0.3 is 0 Å². The Hall–Kier alpha value is -3.50. The minimum Gasteiger partial charge on any atom is -0.348 e. The van der Waals surface area contributed by atoms with Crippen molar-refractivity contribution in [1.29, 1.82) is 0 Å². The van der Waals surface area contributed by atoms with Gasteiger partial charge < -0.3 is 25.1 Å². The molecule has 3 heterocycles. The summed E-state index contributed by atoms with van der Waals surface area (Å²) in [5.74, 6) is 1.43. The lowest BCUT2D eigenvalue weighted by Gasteiger charge is -2.22. The average Bonchev–Trinajstić information content (AvgIpc) is 3.53. The van der Waals surface area contributed by atoms with E-state index in [1.54, 1.807) is 18.5 Å². The first-order valence-electron chi connectivity index (χ1n) is 13.6. The number of hydrogen-bond acceptors (Lipinski definition) is 6. The number of nitrogens with zero attached hydrogens (tertiary/aromatic N) is 5. The van der Waals surface area contributed by atoms with Gasteiger partial charge in [0.05, 0.1) is 24.3 Å². The first kappa shape index (κ1) is 27.5. The van der Waals surface area contributed by atoms with Gasteiger partial charge in [-0.25, -0.2) is 9.97 Å². The van der Waals surface area contributed by atoms with Crippen molar-refractivity contribution < 1.29 is 9.59 Å². The number of anilines is 1. The molecule has 0 aliphatic carbocycles. The molecule has 38 heavy (non-hydrogen) atoms. The lowest BCUT2D eigenvalue weighted by molar-refractivity contribution is -0.118. The van der Waals surface area contributed by atoms with Crippen molar-refractivity contribution in [2.75, 3.05) is 25.0 Å². The predicted molar refractivity (Wildman–Crippen MR) is 147 cm³/mol. The number of fused-ring (bicyclic) bond motifs is 1. The molecule has 0 fully saturated rings. The van der Waals surface area contributed by atoms with Crippen LogP contribution >= 0.6 is 0 Å². The lowest BCUT2D eigenvalue weighted by Crippen LogP contribution is -2.41. The molecule has 10 heteroatoms. The molecule has 2 aromatic heterocycles. The molecular formula is C28H40N8O2. The summed E-state index contributed by atoms with van der Waals surface area (Å²) in [6, 6.07) is 5.12. The highest BCUT2D eigenvalue weighted by atomic mass is 16.2. The summed E-state index contributed by atoms with van der Waals surface area (Å²) < 4.78 is 2.00. The lowest BCUT2D eigenvalue weighted by atomic mass is 10.1. The summed E-state index contributed by atoms with van der Waals surface area (Å²) in [4.78, 5) is 42.7. The highest BCUT2D eigenvalue weighted by Crippen LogP contribution is 2.23. The number of aromatic amines is 1. The number of rotatable bonds is 14. The molecule has 2 amide bonds. The molecule has 1 unspecified atom stereocenters. The minimum absolute atomic E-state index is 0.160. The number of carbonyl (C=O) groups is 2. The maximum Gasteiger partial charge on any atom is 0.254 e. The summed E-state index contributed by atoms with van der Waals surface area (Å²) in [5, 5.41) is 5.96. The smallest absolute Gasteiger partial charge is 0.254 e. The zero-order valence-corrected chi connectivity index (χ0v) is 22.7. The summed E-state index contributed by atoms with van der Waals surface area (Å²) >= 11 is 0. The molecule has 1 aromatic carbocycles. The molecular weight excluding hydrogens is 480 g/mol. The Morgan fingerprint density at radius 2 is 1.79 bits per heavy atom. The van der Waals surface area contributed by atoms with E-state index in [0.717, 1.165) is 56.1 Å². The third-order valence-electron chi connectivity index (χ3n) is 6.88. The number of benzene rings is 1. The molecule has 1 aliphatic rings. The maximum atomic E-state index is 13.1. The van der Waals surface area contributed by atoms with Gasteiger partial charge in [-0.1, -0.05) is 19.9 Å². The van der Waals surface area contributed by atoms with E-state index < -0.39 is 6.04 Å². The third-order valence-corrected chi connectivity index (χ3v) is 6.88. The Labute approximate surface area is 224 Å². The molecule has 4 rings (SSSR count). The van der Waals surface area contributed by atoms with E-state index >= 15 is 0 Å². The minimum atomic E-state index is -0.540. The zero-order chi connectivity index (χ0) is 26.9. The predicted octanol–water partition coefficient (Wildman–Crippen LogP) is 3.30. The van der Waals surface area contributed by atoms with Gasteiger partial charge in [0.25, 0.3) is 5.91 Å². The van der Waals surface area contributed by atoms with Crippen LogP contribution in [0.5, 0.6) is 0 Å². The number of carbonyl (C=O) groups excluding carboxylic acids is 2.